The lowest BCUT2D eigenvalue weighted by Gasteiger charge is -2.22. The average molecular weight is 401 g/mol. The number of aromatic amines is 1. The van der Waals surface area contributed by atoms with Gasteiger partial charge in [0.25, 0.3) is 0 Å². The van der Waals surface area contributed by atoms with Crippen LogP contribution in [0.1, 0.15) is 30.0 Å². The fraction of sp³-hybridized carbons (Fsp3) is 0.208. The number of aryl methyl sites for hydroxylation is 1. The highest BCUT2D eigenvalue weighted by atomic mass is 16.5. The molecule has 30 heavy (non-hydrogen) atoms. The number of nitrogens with one attached hydrogen (secondary N) is 1. The van der Waals surface area contributed by atoms with Crippen LogP contribution in [0.4, 0.5) is 5.82 Å². The normalized spacial score (nSPS) is 17.0. The fourth-order valence-corrected chi connectivity index (χ4v) is 3.75. The number of benzene rings is 2. The first-order valence-electron chi connectivity index (χ1n) is 9.80. The van der Waals surface area contributed by atoms with E-state index in [-0.39, 0.29) is 23.0 Å². The molecule has 1 heterocycles. The van der Waals surface area contributed by atoms with Crippen LogP contribution in [-0.2, 0) is 4.79 Å². The van der Waals surface area contributed by atoms with Crippen molar-refractivity contribution in [1.82, 2.24) is 10.2 Å². The maximum atomic E-state index is 12.7. The number of rotatable bonds is 5. The van der Waals surface area contributed by atoms with E-state index < -0.39 is 0 Å². The molecule has 0 saturated heterocycles. The Morgan fingerprint density at radius 2 is 1.87 bits per heavy atom. The molecule has 0 bridgehead atoms. The Balaban J connectivity index is 1.58. The van der Waals surface area contributed by atoms with E-state index in [0.717, 1.165) is 28.1 Å². The SMILES string of the molecule is COc1ccc(C2CC(=O)C(C=Nc3n[nH]c(C)c3-c3ccccc3)=C(O)C2)cc1. The molecule has 2 N–H and O–H groups in total. The lowest BCUT2D eigenvalue weighted by Crippen LogP contribution is -2.19. The number of methoxy groups -OCH3 is 1. The molecule has 4 rings (SSSR count). The summed E-state index contributed by atoms with van der Waals surface area (Å²) >= 11 is 0. The zero-order chi connectivity index (χ0) is 21.1. The van der Waals surface area contributed by atoms with Crippen LogP contribution in [0.15, 0.2) is 70.9 Å². The number of aromatic nitrogens is 2. The molecular weight excluding hydrogens is 378 g/mol. The molecule has 0 aliphatic heterocycles. The third-order valence-electron chi connectivity index (χ3n) is 5.38. The quantitative estimate of drug-likeness (QED) is 0.585. The number of nitrogens with zero attached hydrogens (tertiary/aromatic N) is 2. The average Bonchev–Trinajstić information content (AvgIpc) is 3.14. The van der Waals surface area contributed by atoms with Gasteiger partial charge in [-0.2, -0.15) is 5.10 Å². The van der Waals surface area contributed by atoms with Crippen LogP contribution >= 0.6 is 0 Å². The number of Topliss-reactive ketones (excluding diaryl/α,β-unsaturated/α-hetero) is 1. The van der Waals surface area contributed by atoms with E-state index in [0.29, 0.717) is 18.7 Å². The predicted molar refractivity (Wildman–Crippen MR) is 117 cm³/mol. The Labute approximate surface area is 174 Å². The summed E-state index contributed by atoms with van der Waals surface area (Å²) in [6, 6.07) is 17.4. The summed E-state index contributed by atoms with van der Waals surface area (Å²) in [5.74, 6) is 1.12. The zero-order valence-corrected chi connectivity index (χ0v) is 16.9. The summed E-state index contributed by atoms with van der Waals surface area (Å²) < 4.78 is 5.18. The van der Waals surface area contributed by atoms with E-state index in [1.807, 2.05) is 61.5 Å². The second kappa shape index (κ2) is 8.37. The van der Waals surface area contributed by atoms with Crippen molar-refractivity contribution in [2.75, 3.05) is 7.11 Å². The molecule has 6 heteroatoms. The molecule has 1 atom stereocenters. The van der Waals surface area contributed by atoms with Gasteiger partial charge in [0.05, 0.1) is 12.7 Å². The monoisotopic (exact) mass is 401 g/mol. The highest BCUT2D eigenvalue weighted by molar-refractivity contribution is 6.15. The second-order valence-electron chi connectivity index (χ2n) is 7.33. The summed E-state index contributed by atoms with van der Waals surface area (Å²) in [4.78, 5) is 17.2. The number of H-pyrrole nitrogens is 1. The summed E-state index contributed by atoms with van der Waals surface area (Å²) in [7, 11) is 1.61. The highest BCUT2D eigenvalue weighted by Gasteiger charge is 2.28. The van der Waals surface area contributed by atoms with Crippen molar-refractivity contribution in [2.24, 2.45) is 4.99 Å². The van der Waals surface area contributed by atoms with Gasteiger partial charge < -0.3 is 9.84 Å². The van der Waals surface area contributed by atoms with Crippen LogP contribution in [0.25, 0.3) is 11.1 Å². The Hall–Kier alpha value is -3.67. The van der Waals surface area contributed by atoms with E-state index >= 15 is 0 Å². The number of ketones is 1. The van der Waals surface area contributed by atoms with Crippen molar-refractivity contribution >= 4 is 17.8 Å². The number of aliphatic imine (C=N–C) groups is 1. The molecule has 6 nitrogen and oxygen atoms in total. The Morgan fingerprint density at radius 3 is 2.53 bits per heavy atom. The molecule has 1 unspecified atom stereocenters. The van der Waals surface area contributed by atoms with Crippen LogP contribution in [0, 0.1) is 6.92 Å². The van der Waals surface area contributed by atoms with Crippen LogP contribution in [0.3, 0.4) is 0 Å². The van der Waals surface area contributed by atoms with Crippen LogP contribution in [0.5, 0.6) is 5.75 Å². The van der Waals surface area contributed by atoms with Crippen LogP contribution < -0.4 is 4.74 Å². The zero-order valence-electron chi connectivity index (χ0n) is 16.9. The number of aliphatic hydroxyl groups excluding tert-OH is 1. The Morgan fingerprint density at radius 1 is 1.13 bits per heavy atom. The van der Waals surface area contributed by atoms with Gasteiger partial charge in [-0.05, 0) is 36.1 Å². The molecule has 1 aliphatic carbocycles. The first-order chi connectivity index (χ1) is 14.6. The first-order valence-corrected chi connectivity index (χ1v) is 9.80. The van der Waals surface area contributed by atoms with Gasteiger partial charge in [0, 0.05) is 30.3 Å². The first kappa shape index (κ1) is 19.6. The highest BCUT2D eigenvalue weighted by Crippen LogP contribution is 2.35. The minimum Gasteiger partial charge on any atom is -0.511 e. The fourth-order valence-electron chi connectivity index (χ4n) is 3.75. The van der Waals surface area contributed by atoms with Crippen LogP contribution in [-0.4, -0.2) is 34.4 Å². The topological polar surface area (TPSA) is 87.6 Å². The van der Waals surface area contributed by atoms with Crippen LogP contribution in [0.2, 0.25) is 0 Å². The molecule has 2 aromatic carbocycles. The molecule has 0 saturated carbocycles. The van der Waals surface area contributed by atoms with Gasteiger partial charge in [0.15, 0.2) is 11.6 Å². The third-order valence-corrected chi connectivity index (χ3v) is 5.38. The molecule has 152 valence electrons. The summed E-state index contributed by atoms with van der Waals surface area (Å²) in [5.41, 5.74) is 4.01. The molecule has 3 aromatic rings. The maximum absolute atomic E-state index is 12.7. The molecule has 0 radical (unpaired) electrons. The minimum absolute atomic E-state index is 0.0596. The molecular formula is C24H23N3O3. The van der Waals surface area contributed by atoms with Crippen molar-refractivity contribution in [3.63, 3.8) is 0 Å². The van der Waals surface area contributed by atoms with Gasteiger partial charge in [-0.3, -0.25) is 9.89 Å². The number of aliphatic hydroxyl groups is 1. The van der Waals surface area contributed by atoms with Gasteiger partial charge in [-0.1, -0.05) is 42.5 Å². The second-order valence-corrected chi connectivity index (χ2v) is 7.33. The van der Waals surface area contributed by atoms with Gasteiger partial charge in [-0.25, -0.2) is 4.99 Å². The lowest BCUT2D eigenvalue weighted by atomic mass is 9.83. The van der Waals surface area contributed by atoms with E-state index in [2.05, 4.69) is 15.2 Å². The summed E-state index contributed by atoms with van der Waals surface area (Å²) in [6.45, 7) is 1.93. The standard InChI is InChI=1S/C24H23N3O3/c1-15-23(17-6-4-3-5-7-17)24(27-26-15)25-14-20-21(28)12-18(13-22(20)29)16-8-10-19(30-2)11-9-16/h3-11,14,18,28H,12-13H2,1-2H3,(H,26,27). The van der Waals surface area contributed by atoms with Crippen molar-refractivity contribution in [1.29, 1.82) is 0 Å². The Bertz CT molecular complexity index is 1110. The molecule has 0 amide bonds. The lowest BCUT2D eigenvalue weighted by molar-refractivity contribution is -0.116. The number of hydrogen-bond donors (Lipinski definition) is 2. The van der Waals surface area contributed by atoms with E-state index in [1.165, 1.54) is 6.21 Å². The number of hydrogen-bond acceptors (Lipinski definition) is 5. The maximum Gasteiger partial charge on any atom is 0.181 e. The van der Waals surface area contributed by atoms with Crippen molar-refractivity contribution in [2.45, 2.75) is 25.7 Å². The number of ether oxygens (including phenoxy) is 1. The van der Waals surface area contributed by atoms with Crippen molar-refractivity contribution in [3.05, 3.63) is 77.2 Å². The van der Waals surface area contributed by atoms with E-state index in [4.69, 9.17) is 4.74 Å². The molecule has 1 aliphatic rings. The van der Waals surface area contributed by atoms with Gasteiger partial charge in [-0.15, -0.1) is 0 Å². The van der Waals surface area contributed by atoms with Gasteiger partial charge in [0.2, 0.25) is 0 Å². The Kier molecular flexibility index (Phi) is 5.48. The smallest absolute Gasteiger partial charge is 0.181 e. The van der Waals surface area contributed by atoms with Crippen molar-refractivity contribution < 1.29 is 14.6 Å². The third kappa shape index (κ3) is 3.89. The predicted octanol–water partition coefficient (Wildman–Crippen LogP) is 5.05. The van der Waals surface area contributed by atoms with Crippen molar-refractivity contribution in [3.8, 4) is 16.9 Å². The van der Waals surface area contributed by atoms with Gasteiger partial charge in [0.1, 0.15) is 11.5 Å². The van der Waals surface area contributed by atoms with Gasteiger partial charge >= 0.3 is 0 Å². The minimum atomic E-state index is -0.128. The van der Waals surface area contributed by atoms with E-state index in [1.54, 1.807) is 7.11 Å². The summed E-state index contributed by atoms with van der Waals surface area (Å²) in [6.07, 6.45) is 2.15. The summed E-state index contributed by atoms with van der Waals surface area (Å²) in [5, 5.41) is 17.8. The largest absolute Gasteiger partial charge is 0.511 e. The molecule has 1 aromatic heterocycles. The number of carbonyl (C=O) groups excluding carboxylic acids is 1. The number of carbonyl (C=O) groups is 1. The van der Waals surface area contributed by atoms with E-state index in [9.17, 15) is 9.90 Å². The molecule has 0 spiro atoms. The molecule has 0 fully saturated rings. The number of allylic oxidation sites excluding steroid dienone is 2.